The van der Waals surface area contributed by atoms with Crippen molar-refractivity contribution in [2.24, 2.45) is 14.1 Å². The summed E-state index contributed by atoms with van der Waals surface area (Å²) in [5.74, 6) is 0.726. The summed E-state index contributed by atoms with van der Waals surface area (Å²) in [5, 5.41) is 0. The average molecular weight is 308 g/mol. The topological polar surface area (TPSA) is 86.4 Å². The highest BCUT2D eigenvalue weighted by Crippen LogP contribution is 2.04. The molecule has 22 heavy (non-hydrogen) atoms. The smallest absolute Gasteiger partial charge is 0.332 e. The Kier molecular flexibility index (Phi) is 3.65. The lowest BCUT2D eigenvalue weighted by atomic mass is 10.2. The van der Waals surface area contributed by atoms with E-state index in [0.29, 0.717) is 17.7 Å². The first-order valence-corrected chi connectivity index (χ1v) is 7.50. The number of fused-ring (bicyclic) bond motifs is 1. The molecule has 1 aliphatic heterocycles. The van der Waals surface area contributed by atoms with E-state index in [-0.39, 0.29) is 23.5 Å². The highest BCUT2D eigenvalue weighted by Gasteiger charge is 2.26. The average Bonchev–Trinajstić information content (AvgIpc) is 2.85. The summed E-state index contributed by atoms with van der Waals surface area (Å²) in [6, 6.07) is 0. The second kappa shape index (κ2) is 5.36. The van der Waals surface area contributed by atoms with Crippen molar-refractivity contribution in [1.29, 1.82) is 0 Å². The van der Waals surface area contributed by atoms with Crippen LogP contribution in [0.3, 0.4) is 0 Å². The van der Waals surface area contributed by atoms with Gasteiger partial charge in [0.05, 0.1) is 0 Å². The quantitative estimate of drug-likeness (QED) is 0.682. The third-order valence-corrected chi connectivity index (χ3v) is 4.18. The Morgan fingerprint density at radius 1 is 1.23 bits per heavy atom. The van der Waals surface area contributed by atoms with Gasteiger partial charge in [-0.3, -0.25) is 13.9 Å². The molecule has 0 bridgehead atoms. The number of rotatable bonds is 2. The monoisotopic (exact) mass is 308 g/mol. The molecule has 1 fully saturated rings. The number of imidazole rings is 1. The van der Waals surface area contributed by atoms with Gasteiger partial charge in [-0.1, -0.05) is 0 Å². The minimum atomic E-state index is -0.364. The molecule has 0 radical (unpaired) electrons. The zero-order chi connectivity index (χ0) is 16.0. The Morgan fingerprint density at radius 2 is 1.86 bits per heavy atom. The summed E-state index contributed by atoms with van der Waals surface area (Å²) < 4.78 is 8.23. The Labute approximate surface area is 127 Å². The fourth-order valence-corrected chi connectivity index (χ4v) is 3.23. The Bertz CT molecular complexity index is 808. The molecule has 0 aliphatic carbocycles. The van der Waals surface area contributed by atoms with Gasteiger partial charge in [0.25, 0.3) is 5.56 Å². The van der Waals surface area contributed by atoms with Crippen LogP contribution in [0.15, 0.2) is 9.59 Å². The normalized spacial score (nSPS) is 25.7. The molecule has 3 rings (SSSR count). The van der Waals surface area contributed by atoms with E-state index in [4.69, 9.17) is 4.74 Å². The van der Waals surface area contributed by atoms with Crippen molar-refractivity contribution in [3.05, 3.63) is 26.7 Å². The predicted octanol–water partition coefficient (Wildman–Crippen LogP) is -1.85. The van der Waals surface area contributed by atoms with Gasteiger partial charge in [-0.15, -0.1) is 0 Å². The highest BCUT2D eigenvalue weighted by atomic mass is 16.5. The van der Waals surface area contributed by atoms with Crippen LogP contribution in [0.2, 0.25) is 0 Å². The molecule has 8 heteroatoms. The van der Waals surface area contributed by atoms with Gasteiger partial charge in [-0.25, -0.2) is 9.78 Å². The van der Waals surface area contributed by atoms with Crippen LogP contribution in [-0.2, 0) is 25.4 Å². The highest BCUT2D eigenvalue weighted by molar-refractivity contribution is 5.69. The van der Waals surface area contributed by atoms with E-state index in [1.54, 1.807) is 7.05 Å². The molecule has 0 amide bonds. The zero-order valence-corrected chi connectivity index (χ0v) is 13.3. The lowest BCUT2D eigenvalue weighted by molar-refractivity contribution is -0.928. The van der Waals surface area contributed by atoms with Crippen molar-refractivity contribution in [3.8, 4) is 0 Å². The first-order chi connectivity index (χ1) is 10.4. The summed E-state index contributed by atoms with van der Waals surface area (Å²) >= 11 is 0. The predicted molar refractivity (Wildman–Crippen MR) is 81.0 cm³/mol. The molecule has 1 aliphatic rings. The van der Waals surface area contributed by atoms with Crippen molar-refractivity contribution < 1.29 is 9.64 Å². The number of aryl methyl sites for hydroxylation is 1. The minimum absolute atomic E-state index is 0.209. The number of nitrogens with one attached hydrogen (secondary N) is 2. The summed E-state index contributed by atoms with van der Waals surface area (Å²) in [6.45, 7) is 6.61. The second-order valence-corrected chi connectivity index (χ2v) is 6.18. The van der Waals surface area contributed by atoms with Crippen LogP contribution in [-0.4, -0.2) is 44.4 Å². The van der Waals surface area contributed by atoms with Gasteiger partial charge in [0.1, 0.15) is 37.4 Å². The largest absolute Gasteiger partial charge is 0.364 e. The molecular formula is C14H22N5O3+. The number of morpholine rings is 1. The number of aromatic nitrogens is 4. The number of H-pyrrole nitrogens is 1. The molecule has 0 saturated carbocycles. The molecule has 2 N–H and O–H groups in total. The lowest BCUT2D eigenvalue weighted by Crippen LogP contribution is -3.14. The first-order valence-electron chi connectivity index (χ1n) is 7.50. The molecule has 3 heterocycles. The lowest BCUT2D eigenvalue weighted by Gasteiger charge is -2.31. The van der Waals surface area contributed by atoms with Crippen molar-refractivity contribution in [2.75, 3.05) is 13.1 Å². The fourth-order valence-electron chi connectivity index (χ4n) is 3.23. The third-order valence-electron chi connectivity index (χ3n) is 4.18. The van der Waals surface area contributed by atoms with Gasteiger partial charge >= 0.3 is 5.69 Å². The van der Waals surface area contributed by atoms with Crippen LogP contribution in [0, 0.1) is 0 Å². The summed E-state index contributed by atoms with van der Waals surface area (Å²) in [6.07, 6.45) is 0.417. The molecule has 1 saturated heterocycles. The van der Waals surface area contributed by atoms with Gasteiger partial charge in [0, 0.05) is 14.1 Å². The molecule has 0 aromatic carbocycles. The Morgan fingerprint density at radius 3 is 2.50 bits per heavy atom. The number of aromatic amines is 1. The Hall–Kier alpha value is -1.93. The molecule has 120 valence electrons. The maximum Gasteiger partial charge on any atom is 0.332 e. The van der Waals surface area contributed by atoms with E-state index in [1.807, 2.05) is 0 Å². The summed E-state index contributed by atoms with van der Waals surface area (Å²) in [4.78, 5) is 33.0. The minimum Gasteiger partial charge on any atom is -0.364 e. The van der Waals surface area contributed by atoms with E-state index in [1.165, 1.54) is 16.5 Å². The van der Waals surface area contributed by atoms with Crippen molar-refractivity contribution in [3.63, 3.8) is 0 Å². The first kappa shape index (κ1) is 15.0. The summed E-state index contributed by atoms with van der Waals surface area (Å²) in [5.41, 5.74) is 0.0947. The van der Waals surface area contributed by atoms with E-state index in [0.717, 1.165) is 23.5 Å². The standard InChI is InChI=1S/C14H21N5O3/c1-8-5-19(6-9(2)22-8)7-10-15-11-12(16-10)17(3)14(21)18(4)13(11)20/h8-9H,5-7H2,1-4H3,(H,15,16)/p+1/t8-,9-/m0/s1. The van der Waals surface area contributed by atoms with Crippen LogP contribution in [0.4, 0.5) is 0 Å². The number of ether oxygens (including phenoxy) is 1. The maximum absolute atomic E-state index is 12.2. The van der Waals surface area contributed by atoms with Crippen molar-refractivity contribution >= 4 is 11.2 Å². The van der Waals surface area contributed by atoms with E-state index in [9.17, 15) is 9.59 Å². The maximum atomic E-state index is 12.2. The SMILES string of the molecule is C[C@H]1C[NH+](Cc2nc3c([nH]2)c(=O)n(C)c(=O)n3C)C[C@H](C)O1. The second-order valence-electron chi connectivity index (χ2n) is 6.18. The number of hydrogen-bond acceptors (Lipinski definition) is 4. The number of nitrogens with zero attached hydrogens (tertiary/aromatic N) is 3. The number of hydrogen-bond donors (Lipinski definition) is 2. The number of quaternary nitrogens is 1. The van der Waals surface area contributed by atoms with Gasteiger partial charge in [0.15, 0.2) is 11.5 Å². The van der Waals surface area contributed by atoms with Gasteiger partial charge in [-0.2, -0.15) is 0 Å². The molecule has 2 aromatic heterocycles. The fraction of sp³-hybridized carbons (Fsp3) is 0.643. The zero-order valence-electron chi connectivity index (χ0n) is 13.3. The summed E-state index contributed by atoms with van der Waals surface area (Å²) in [7, 11) is 3.10. The molecule has 0 unspecified atom stereocenters. The van der Waals surface area contributed by atoms with Crippen molar-refractivity contribution in [1.82, 2.24) is 19.1 Å². The van der Waals surface area contributed by atoms with E-state index < -0.39 is 0 Å². The van der Waals surface area contributed by atoms with E-state index >= 15 is 0 Å². The Balaban J connectivity index is 1.96. The molecule has 8 nitrogen and oxygen atoms in total. The van der Waals surface area contributed by atoms with Crippen LogP contribution >= 0.6 is 0 Å². The third kappa shape index (κ3) is 2.48. The van der Waals surface area contributed by atoms with Gasteiger partial charge in [-0.05, 0) is 13.8 Å². The van der Waals surface area contributed by atoms with Crippen LogP contribution in [0.25, 0.3) is 11.2 Å². The van der Waals surface area contributed by atoms with Crippen molar-refractivity contribution in [2.45, 2.75) is 32.6 Å². The van der Waals surface area contributed by atoms with Crippen LogP contribution in [0.5, 0.6) is 0 Å². The van der Waals surface area contributed by atoms with Gasteiger partial charge in [0.2, 0.25) is 0 Å². The molecular weight excluding hydrogens is 286 g/mol. The van der Waals surface area contributed by atoms with Crippen LogP contribution < -0.4 is 16.1 Å². The molecule has 2 atom stereocenters. The molecule has 2 aromatic rings. The van der Waals surface area contributed by atoms with Crippen LogP contribution in [0.1, 0.15) is 19.7 Å². The molecule has 0 spiro atoms. The van der Waals surface area contributed by atoms with E-state index in [2.05, 4.69) is 23.8 Å². The van der Waals surface area contributed by atoms with Gasteiger partial charge < -0.3 is 14.6 Å².